The van der Waals surface area contributed by atoms with Crippen LogP contribution in [0.15, 0.2) is 118 Å². The Labute approximate surface area is 259 Å². The number of carbonyl (C=O) groups excluding carboxylic acids is 2. The first-order chi connectivity index (χ1) is 20.6. The quantitative estimate of drug-likeness (QED) is 0.156. The number of sulfonamides is 1. The summed E-state index contributed by atoms with van der Waals surface area (Å²) in [7, 11) is -4.03. The first kappa shape index (κ1) is 31.5. The highest BCUT2D eigenvalue weighted by molar-refractivity contribution is 9.10. The Bertz CT molecular complexity index is 1660. The van der Waals surface area contributed by atoms with Crippen molar-refractivity contribution in [1.82, 2.24) is 10.7 Å². The molecule has 0 aromatic heterocycles. The number of rotatable bonds is 12. The molecular weight excluding hydrogens is 632 g/mol. The third kappa shape index (κ3) is 9.00. The highest BCUT2D eigenvalue weighted by Crippen LogP contribution is 2.25. The predicted molar refractivity (Wildman–Crippen MR) is 171 cm³/mol. The summed E-state index contributed by atoms with van der Waals surface area (Å²) >= 11 is 3.35. The van der Waals surface area contributed by atoms with Gasteiger partial charge in [0.1, 0.15) is 12.3 Å². The van der Waals surface area contributed by atoms with Gasteiger partial charge in [-0.25, -0.2) is 13.8 Å². The number of hydrogen-bond donors (Lipinski definition) is 2. The molecule has 222 valence electrons. The molecule has 4 aromatic rings. The van der Waals surface area contributed by atoms with Crippen LogP contribution >= 0.6 is 15.9 Å². The van der Waals surface area contributed by atoms with E-state index in [1.54, 1.807) is 60.7 Å². The molecule has 4 rings (SSSR count). The van der Waals surface area contributed by atoms with Gasteiger partial charge in [0.2, 0.25) is 0 Å². The maximum atomic E-state index is 13.5. The van der Waals surface area contributed by atoms with E-state index in [9.17, 15) is 18.0 Å². The number of anilines is 1. The van der Waals surface area contributed by atoms with Gasteiger partial charge < -0.3 is 10.1 Å². The molecule has 0 saturated heterocycles. The third-order valence-electron chi connectivity index (χ3n) is 6.34. The van der Waals surface area contributed by atoms with Crippen LogP contribution in [0.5, 0.6) is 5.75 Å². The number of nitrogens with zero attached hydrogens (tertiary/aromatic N) is 2. The topological polar surface area (TPSA) is 117 Å². The molecule has 0 aliphatic heterocycles. The zero-order valence-electron chi connectivity index (χ0n) is 23.6. The highest BCUT2D eigenvalue weighted by atomic mass is 79.9. The summed E-state index contributed by atoms with van der Waals surface area (Å²) in [6.45, 7) is 3.15. The van der Waals surface area contributed by atoms with Gasteiger partial charge in [0.05, 0.1) is 22.8 Å². The van der Waals surface area contributed by atoms with Crippen LogP contribution in [0.4, 0.5) is 5.69 Å². The summed E-state index contributed by atoms with van der Waals surface area (Å²) in [6.07, 6.45) is 1.42. The molecule has 0 fully saturated rings. The van der Waals surface area contributed by atoms with Crippen LogP contribution in [0.25, 0.3) is 0 Å². The minimum atomic E-state index is -4.03. The predicted octanol–water partition coefficient (Wildman–Crippen LogP) is 5.36. The van der Waals surface area contributed by atoms with Gasteiger partial charge >= 0.3 is 0 Å². The Morgan fingerprint density at radius 2 is 1.56 bits per heavy atom. The molecule has 2 amide bonds. The normalized spacial score (nSPS) is 12.0. The number of hydrogen-bond acceptors (Lipinski definition) is 6. The van der Waals surface area contributed by atoms with Gasteiger partial charge in [-0.3, -0.25) is 13.9 Å². The lowest BCUT2D eigenvalue weighted by Crippen LogP contribution is -2.39. The van der Waals surface area contributed by atoms with E-state index in [1.807, 2.05) is 44.2 Å². The Morgan fingerprint density at radius 1 is 0.907 bits per heavy atom. The molecule has 43 heavy (non-hydrogen) atoms. The second-order valence-corrected chi connectivity index (χ2v) is 12.4. The molecule has 0 bridgehead atoms. The fourth-order valence-electron chi connectivity index (χ4n) is 4.01. The van der Waals surface area contributed by atoms with Crippen molar-refractivity contribution < 1.29 is 22.7 Å². The van der Waals surface area contributed by atoms with Crippen LogP contribution in [0, 0.1) is 6.92 Å². The molecule has 0 aliphatic rings. The van der Waals surface area contributed by atoms with Crippen molar-refractivity contribution in [3.63, 3.8) is 0 Å². The van der Waals surface area contributed by atoms with Crippen molar-refractivity contribution >= 4 is 49.7 Å². The lowest BCUT2D eigenvalue weighted by molar-refractivity contribution is -0.123. The molecule has 0 heterocycles. The Hall–Kier alpha value is -4.48. The monoisotopic (exact) mass is 662 g/mol. The van der Waals surface area contributed by atoms with Crippen molar-refractivity contribution in [2.75, 3.05) is 17.5 Å². The van der Waals surface area contributed by atoms with Crippen molar-refractivity contribution in [3.8, 4) is 5.75 Å². The van der Waals surface area contributed by atoms with E-state index in [4.69, 9.17) is 4.74 Å². The van der Waals surface area contributed by atoms with Crippen molar-refractivity contribution in [3.05, 3.63) is 124 Å². The third-order valence-corrected chi connectivity index (χ3v) is 8.66. The summed E-state index contributed by atoms with van der Waals surface area (Å²) in [5.74, 6) is -0.369. The van der Waals surface area contributed by atoms with Gasteiger partial charge in [-0.05, 0) is 85.6 Å². The lowest BCUT2D eigenvalue weighted by atomic mass is 10.1. The van der Waals surface area contributed by atoms with Gasteiger partial charge in [-0.1, -0.05) is 64.0 Å². The number of ether oxygens (including phenoxy) is 1. The molecule has 0 aliphatic carbocycles. The Kier molecular flexibility index (Phi) is 10.7. The van der Waals surface area contributed by atoms with Gasteiger partial charge in [0.15, 0.2) is 6.61 Å². The fraction of sp³-hybridized carbons (Fsp3) is 0.156. The lowest BCUT2D eigenvalue weighted by Gasteiger charge is -2.23. The minimum Gasteiger partial charge on any atom is -0.484 e. The van der Waals surface area contributed by atoms with Crippen molar-refractivity contribution in [1.29, 1.82) is 0 Å². The van der Waals surface area contributed by atoms with Crippen LogP contribution in [-0.2, 0) is 19.6 Å². The van der Waals surface area contributed by atoms with Crippen LogP contribution in [0.2, 0.25) is 0 Å². The Morgan fingerprint density at radius 3 is 2.21 bits per heavy atom. The van der Waals surface area contributed by atoms with Gasteiger partial charge in [-0.2, -0.15) is 5.10 Å². The molecule has 1 atom stereocenters. The number of benzene rings is 4. The summed E-state index contributed by atoms with van der Waals surface area (Å²) in [6, 6.07) is 29.4. The van der Waals surface area contributed by atoms with E-state index < -0.39 is 22.5 Å². The summed E-state index contributed by atoms with van der Waals surface area (Å²) < 4.78 is 34.3. The minimum absolute atomic E-state index is 0.0721. The average molecular weight is 664 g/mol. The van der Waals surface area contributed by atoms with E-state index in [1.165, 1.54) is 18.3 Å². The van der Waals surface area contributed by atoms with Crippen LogP contribution in [-0.4, -0.2) is 39.6 Å². The van der Waals surface area contributed by atoms with E-state index in [0.717, 1.165) is 19.9 Å². The molecule has 0 unspecified atom stereocenters. The molecule has 4 aromatic carbocycles. The number of carbonyl (C=O) groups is 2. The Balaban J connectivity index is 1.33. The second kappa shape index (κ2) is 14.6. The number of hydrazone groups is 1. The summed E-state index contributed by atoms with van der Waals surface area (Å²) in [5.41, 5.74) is 5.30. The zero-order valence-corrected chi connectivity index (χ0v) is 26.0. The smallest absolute Gasteiger partial charge is 0.264 e. The van der Waals surface area contributed by atoms with E-state index in [0.29, 0.717) is 17.0 Å². The molecule has 0 spiro atoms. The maximum Gasteiger partial charge on any atom is 0.264 e. The zero-order chi connectivity index (χ0) is 30.8. The molecule has 0 saturated carbocycles. The van der Waals surface area contributed by atoms with Gasteiger partial charge in [0, 0.05) is 4.47 Å². The molecule has 11 heteroatoms. The maximum absolute atomic E-state index is 13.5. The molecule has 0 radical (unpaired) electrons. The van der Waals surface area contributed by atoms with Gasteiger partial charge in [0.25, 0.3) is 21.8 Å². The number of amides is 2. The second-order valence-electron chi connectivity index (χ2n) is 9.65. The van der Waals surface area contributed by atoms with Crippen LogP contribution < -0.4 is 19.8 Å². The standard InChI is InChI=1S/C32H31BrN4O5S/c1-23-8-18-30(19-9-23)43(40,41)37(28-14-12-27(33)13-15-28)21-31(38)36-34-20-25-10-16-29(17-11-25)42-22-32(39)35-24(2)26-6-4-3-5-7-26/h3-20,24H,21-22H2,1-2H3,(H,35,39)(H,36,38)/b34-20-/t24-/m0/s1. The molecule has 9 nitrogen and oxygen atoms in total. The number of halogens is 1. The summed E-state index contributed by atoms with van der Waals surface area (Å²) in [5, 5.41) is 6.87. The van der Waals surface area contributed by atoms with Crippen LogP contribution in [0.3, 0.4) is 0 Å². The first-order valence-electron chi connectivity index (χ1n) is 13.4. The average Bonchev–Trinajstić information content (AvgIpc) is 3.00. The van der Waals surface area contributed by atoms with Crippen molar-refractivity contribution in [2.24, 2.45) is 5.10 Å². The summed E-state index contributed by atoms with van der Waals surface area (Å²) in [4.78, 5) is 25.1. The molecular formula is C32H31BrN4O5S. The first-order valence-corrected chi connectivity index (χ1v) is 15.6. The van der Waals surface area contributed by atoms with Gasteiger partial charge in [-0.15, -0.1) is 0 Å². The number of aryl methyl sites for hydroxylation is 1. The van der Waals surface area contributed by atoms with E-state index in [2.05, 4.69) is 31.8 Å². The highest BCUT2D eigenvalue weighted by Gasteiger charge is 2.27. The van der Waals surface area contributed by atoms with Crippen molar-refractivity contribution in [2.45, 2.75) is 24.8 Å². The van der Waals surface area contributed by atoms with E-state index >= 15 is 0 Å². The number of nitrogens with one attached hydrogen (secondary N) is 2. The molecule has 2 N–H and O–H groups in total. The fourth-order valence-corrected chi connectivity index (χ4v) is 5.70. The largest absolute Gasteiger partial charge is 0.484 e. The van der Waals surface area contributed by atoms with Crippen LogP contribution in [0.1, 0.15) is 29.7 Å². The SMILES string of the molecule is Cc1ccc(S(=O)(=O)N(CC(=O)N/N=C\c2ccc(OCC(=O)N[C@@H](C)c3ccccc3)cc2)c2ccc(Br)cc2)cc1. The van der Waals surface area contributed by atoms with E-state index in [-0.39, 0.29) is 23.5 Å².